The fourth-order valence-corrected chi connectivity index (χ4v) is 5.05. The van der Waals surface area contributed by atoms with E-state index < -0.39 is 6.03 Å². The van der Waals surface area contributed by atoms with Gasteiger partial charge in [-0.05, 0) is 55.2 Å². The second-order valence-electron chi connectivity index (χ2n) is 9.96. The highest BCUT2D eigenvalue weighted by Gasteiger charge is 2.18. The molecule has 40 heavy (non-hydrogen) atoms. The summed E-state index contributed by atoms with van der Waals surface area (Å²) in [7, 11) is 0. The van der Waals surface area contributed by atoms with Gasteiger partial charge in [-0.25, -0.2) is 14.8 Å². The van der Waals surface area contributed by atoms with Crippen LogP contribution in [0.2, 0.25) is 0 Å². The van der Waals surface area contributed by atoms with Gasteiger partial charge in [-0.1, -0.05) is 61.9 Å². The van der Waals surface area contributed by atoms with Gasteiger partial charge in [0, 0.05) is 30.6 Å². The molecule has 0 aliphatic carbocycles. The van der Waals surface area contributed by atoms with E-state index in [0.717, 1.165) is 83.4 Å². The molecule has 206 valence electrons. The zero-order valence-corrected chi connectivity index (χ0v) is 22.9. The first-order valence-corrected chi connectivity index (χ1v) is 13.9. The third-order valence-electron chi connectivity index (χ3n) is 7.10. The van der Waals surface area contributed by atoms with Gasteiger partial charge in [-0.2, -0.15) is 0 Å². The summed E-state index contributed by atoms with van der Waals surface area (Å²) in [5, 5.41) is 0.966. The number of ether oxygens (including phenoxy) is 1. The molecule has 0 aliphatic rings. The number of nitrogen functional groups attached to an aromatic ring is 1. The Bertz CT molecular complexity index is 1580. The van der Waals surface area contributed by atoms with Crippen LogP contribution in [0.3, 0.4) is 0 Å². The molecular formula is C32H36N6O2. The summed E-state index contributed by atoms with van der Waals surface area (Å²) in [4.78, 5) is 23.4. The molecule has 5 rings (SSSR count). The van der Waals surface area contributed by atoms with E-state index in [1.165, 1.54) is 0 Å². The molecule has 0 spiro atoms. The normalized spacial score (nSPS) is 11.2. The number of aryl methyl sites for hydroxylation is 2. The van der Waals surface area contributed by atoms with E-state index in [-0.39, 0.29) is 0 Å². The number of imidazole rings is 1. The Labute approximate surface area is 234 Å². The van der Waals surface area contributed by atoms with E-state index in [9.17, 15) is 4.79 Å². The van der Waals surface area contributed by atoms with Gasteiger partial charge in [0.25, 0.3) is 0 Å². The first-order valence-electron chi connectivity index (χ1n) is 13.9. The number of rotatable bonds is 12. The lowest BCUT2D eigenvalue weighted by atomic mass is 10.1. The van der Waals surface area contributed by atoms with Gasteiger partial charge in [0.1, 0.15) is 23.7 Å². The molecule has 0 radical (unpaired) electrons. The summed E-state index contributed by atoms with van der Waals surface area (Å²) in [6, 6.07) is 25.1. The molecule has 0 fully saturated rings. The highest BCUT2D eigenvalue weighted by molar-refractivity contribution is 6.07. The van der Waals surface area contributed by atoms with Crippen molar-refractivity contribution < 1.29 is 9.53 Å². The summed E-state index contributed by atoms with van der Waals surface area (Å²) in [5.74, 6) is 2.20. The average Bonchev–Trinajstić information content (AvgIpc) is 3.35. The first-order chi connectivity index (χ1) is 19.5. The van der Waals surface area contributed by atoms with Crippen LogP contribution in [0.15, 0.2) is 78.9 Å². The smallest absolute Gasteiger partial charge is 0.319 e. The Kier molecular flexibility index (Phi) is 8.44. The Morgan fingerprint density at radius 2 is 1.70 bits per heavy atom. The maximum absolute atomic E-state index is 12.1. The number of aromatic nitrogens is 3. The van der Waals surface area contributed by atoms with E-state index in [1.807, 2.05) is 78.9 Å². The fraction of sp³-hybridized carbons (Fsp3) is 0.281. The Hall–Kier alpha value is -4.59. The van der Waals surface area contributed by atoms with Crippen molar-refractivity contribution in [3.8, 4) is 5.75 Å². The van der Waals surface area contributed by atoms with Crippen LogP contribution in [-0.4, -0.2) is 27.1 Å². The predicted molar refractivity (Wildman–Crippen MR) is 161 cm³/mol. The number of carbonyl (C=O) groups excluding carboxylic acids is 1. The molecule has 5 aromatic rings. The second kappa shape index (κ2) is 12.5. The third-order valence-corrected chi connectivity index (χ3v) is 7.10. The number of urea groups is 1. The molecule has 0 unspecified atom stereocenters. The number of pyridine rings is 1. The van der Waals surface area contributed by atoms with Gasteiger partial charge in [0.15, 0.2) is 5.82 Å². The molecule has 2 amide bonds. The monoisotopic (exact) mass is 536 g/mol. The van der Waals surface area contributed by atoms with Crippen molar-refractivity contribution in [2.75, 3.05) is 17.2 Å². The number of fused-ring (bicyclic) bond motifs is 3. The Balaban J connectivity index is 1.43. The lowest BCUT2D eigenvalue weighted by Gasteiger charge is -2.20. The van der Waals surface area contributed by atoms with Crippen LogP contribution in [-0.2, 0) is 19.6 Å². The number of unbranched alkanes of at least 4 members (excludes halogenated alkanes) is 2. The van der Waals surface area contributed by atoms with Crippen molar-refractivity contribution >= 4 is 39.5 Å². The summed E-state index contributed by atoms with van der Waals surface area (Å²) in [6.07, 6.45) is 4.58. The van der Waals surface area contributed by atoms with Gasteiger partial charge >= 0.3 is 6.03 Å². The lowest BCUT2D eigenvalue weighted by Crippen LogP contribution is -2.36. The van der Waals surface area contributed by atoms with Crippen LogP contribution in [0.5, 0.6) is 5.75 Å². The SMILES string of the molecule is CCCCc1nc2c(N)nc3ccc(OCc4ccccc4)cc3c2n1CCCCN(C(N)=O)c1ccccc1. The van der Waals surface area contributed by atoms with Crippen LogP contribution in [0.4, 0.5) is 16.3 Å². The summed E-state index contributed by atoms with van der Waals surface area (Å²) >= 11 is 0. The number of hydrogen-bond donors (Lipinski definition) is 2. The van der Waals surface area contributed by atoms with Gasteiger partial charge in [-0.15, -0.1) is 0 Å². The number of benzene rings is 3. The number of anilines is 2. The van der Waals surface area contributed by atoms with Crippen molar-refractivity contribution in [2.45, 2.75) is 52.2 Å². The minimum Gasteiger partial charge on any atom is -0.489 e. The highest BCUT2D eigenvalue weighted by atomic mass is 16.5. The number of para-hydroxylation sites is 1. The van der Waals surface area contributed by atoms with Crippen LogP contribution in [0, 0.1) is 0 Å². The van der Waals surface area contributed by atoms with E-state index in [2.05, 4.69) is 16.5 Å². The van der Waals surface area contributed by atoms with E-state index in [1.54, 1.807) is 4.90 Å². The fourth-order valence-electron chi connectivity index (χ4n) is 5.05. The molecule has 0 aliphatic heterocycles. The molecule has 0 bridgehead atoms. The maximum atomic E-state index is 12.1. The highest BCUT2D eigenvalue weighted by Crippen LogP contribution is 2.32. The van der Waals surface area contributed by atoms with Crippen molar-refractivity contribution in [2.24, 2.45) is 5.73 Å². The van der Waals surface area contributed by atoms with Crippen molar-refractivity contribution in [3.63, 3.8) is 0 Å². The molecule has 2 heterocycles. The van der Waals surface area contributed by atoms with Crippen LogP contribution >= 0.6 is 0 Å². The molecule has 0 saturated heterocycles. The molecular weight excluding hydrogens is 500 g/mol. The zero-order valence-electron chi connectivity index (χ0n) is 22.9. The minimum atomic E-state index is -0.448. The molecule has 0 saturated carbocycles. The van der Waals surface area contributed by atoms with Gasteiger partial charge in [0.2, 0.25) is 0 Å². The number of primary amides is 1. The average molecular weight is 537 g/mol. The van der Waals surface area contributed by atoms with E-state index in [4.69, 9.17) is 21.2 Å². The summed E-state index contributed by atoms with van der Waals surface area (Å²) in [6.45, 7) is 3.94. The third kappa shape index (κ3) is 6.01. The quantitative estimate of drug-likeness (QED) is 0.178. The van der Waals surface area contributed by atoms with Crippen LogP contribution in [0.1, 0.15) is 44.0 Å². The van der Waals surface area contributed by atoms with Gasteiger partial charge < -0.3 is 20.8 Å². The maximum Gasteiger partial charge on any atom is 0.319 e. The Morgan fingerprint density at radius 1 is 0.950 bits per heavy atom. The molecule has 8 heteroatoms. The summed E-state index contributed by atoms with van der Waals surface area (Å²) in [5.41, 5.74) is 16.5. The zero-order chi connectivity index (χ0) is 27.9. The van der Waals surface area contributed by atoms with Crippen molar-refractivity contribution in [1.29, 1.82) is 0 Å². The van der Waals surface area contributed by atoms with Crippen LogP contribution < -0.4 is 21.1 Å². The minimum absolute atomic E-state index is 0.431. The first kappa shape index (κ1) is 27.0. The molecule has 3 aromatic carbocycles. The van der Waals surface area contributed by atoms with E-state index >= 15 is 0 Å². The number of hydrogen-bond acceptors (Lipinski definition) is 5. The number of carbonyl (C=O) groups is 1. The summed E-state index contributed by atoms with van der Waals surface area (Å²) < 4.78 is 8.42. The Morgan fingerprint density at radius 3 is 2.42 bits per heavy atom. The van der Waals surface area contributed by atoms with Gasteiger partial charge in [-0.3, -0.25) is 4.90 Å². The topological polar surface area (TPSA) is 112 Å². The molecule has 2 aromatic heterocycles. The lowest BCUT2D eigenvalue weighted by molar-refractivity contribution is 0.253. The molecule has 0 atom stereocenters. The molecule has 8 nitrogen and oxygen atoms in total. The number of nitrogens with zero attached hydrogens (tertiary/aromatic N) is 4. The molecule has 4 N–H and O–H groups in total. The number of amides is 2. The van der Waals surface area contributed by atoms with Crippen molar-refractivity contribution in [3.05, 3.63) is 90.3 Å². The van der Waals surface area contributed by atoms with Crippen molar-refractivity contribution in [1.82, 2.24) is 14.5 Å². The number of nitrogens with two attached hydrogens (primary N) is 2. The standard InChI is InChI=1S/C32H36N6O2/c1-2-3-16-28-36-29-30(38(28)20-11-10-19-37(32(34)39)24-14-8-5-9-15-24)26-21-25(17-18-27(26)35-31(29)33)40-22-23-12-6-4-7-13-23/h4-9,12-15,17-18,21H,2-3,10-11,16,19-20,22H2,1H3,(H2,33,35)(H2,34,39). The van der Waals surface area contributed by atoms with Gasteiger partial charge in [0.05, 0.1) is 11.0 Å². The predicted octanol–water partition coefficient (Wildman–Crippen LogP) is 6.45. The van der Waals surface area contributed by atoms with E-state index in [0.29, 0.717) is 19.0 Å². The second-order valence-corrected chi connectivity index (χ2v) is 9.96. The largest absolute Gasteiger partial charge is 0.489 e. The van der Waals surface area contributed by atoms with Crippen LogP contribution in [0.25, 0.3) is 21.9 Å².